The molecule has 0 aliphatic heterocycles. The van der Waals surface area contributed by atoms with Crippen LogP contribution < -0.4 is 10.6 Å². The number of carboxylic acids is 1. The highest BCUT2D eigenvalue weighted by atomic mass is 127. The van der Waals surface area contributed by atoms with E-state index in [4.69, 9.17) is 14.9 Å². The van der Waals surface area contributed by atoms with Gasteiger partial charge in [0.25, 0.3) is 5.91 Å². The van der Waals surface area contributed by atoms with Crippen LogP contribution in [0.4, 0.5) is 10.5 Å². The molecule has 4 rings (SSSR count). The van der Waals surface area contributed by atoms with E-state index in [1.807, 2.05) is 59.0 Å². The van der Waals surface area contributed by atoms with Crippen LogP contribution in [0.3, 0.4) is 0 Å². The molecule has 1 atom stereocenters. The van der Waals surface area contributed by atoms with Gasteiger partial charge in [0.1, 0.15) is 6.61 Å². The standard InChI is InChI=1S/C25H21IN2O6/c26-20-11-14(23(30)27-22(12-29)24(31)32)9-10-21(20)28-25(33)34-13-19-17-7-3-1-5-15(17)16-6-2-4-8-18(16)19/h1-11,19,22,29H,12-13H2,(H,27,30)(H,28,33)(H,31,32)/t22-/m1/s1. The normalized spacial score (nSPS) is 12.9. The molecule has 9 heteroatoms. The van der Waals surface area contributed by atoms with E-state index < -0.39 is 30.6 Å². The first-order chi connectivity index (χ1) is 16.4. The Morgan fingerprint density at radius 1 is 0.971 bits per heavy atom. The van der Waals surface area contributed by atoms with Crippen LogP contribution in [0, 0.1) is 3.57 Å². The maximum atomic E-state index is 12.5. The third-order valence-electron chi connectivity index (χ3n) is 5.60. The van der Waals surface area contributed by atoms with Crippen LogP contribution in [0.2, 0.25) is 0 Å². The second-order valence-electron chi connectivity index (χ2n) is 7.69. The average Bonchev–Trinajstić information content (AvgIpc) is 3.16. The first-order valence-corrected chi connectivity index (χ1v) is 11.5. The summed E-state index contributed by atoms with van der Waals surface area (Å²) < 4.78 is 6.11. The van der Waals surface area contributed by atoms with E-state index in [0.29, 0.717) is 9.26 Å². The van der Waals surface area contributed by atoms with Gasteiger partial charge in [0.15, 0.2) is 6.04 Å². The lowest BCUT2D eigenvalue weighted by molar-refractivity contribution is -0.140. The van der Waals surface area contributed by atoms with Crippen molar-refractivity contribution in [2.24, 2.45) is 0 Å². The fourth-order valence-electron chi connectivity index (χ4n) is 3.93. The largest absolute Gasteiger partial charge is 0.480 e. The molecule has 0 unspecified atom stereocenters. The number of aliphatic carboxylic acids is 1. The molecular weight excluding hydrogens is 551 g/mol. The first kappa shape index (κ1) is 23.7. The minimum absolute atomic E-state index is 0.0583. The zero-order valence-electron chi connectivity index (χ0n) is 17.8. The molecule has 0 spiro atoms. The van der Waals surface area contributed by atoms with E-state index in [0.717, 1.165) is 22.3 Å². The lowest BCUT2D eigenvalue weighted by Crippen LogP contribution is -2.43. The van der Waals surface area contributed by atoms with E-state index in [2.05, 4.69) is 22.8 Å². The number of fused-ring (bicyclic) bond motifs is 3. The smallest absolute Gasteiger partial charge is 0.411 e. The van der Waals surface area contributed by atoms with Crippen molar-refractivity contribution in [3.8, 4) is 11.1 Å². The third-order valence-corrected chi connectivity index (χ3v) is 6.49. The number of benzene rings is 3. The van der Waals surface area contributed by atoms with Crippen molar-refractivity contribution in [1.82, 2.24) is 5.32 Å². The number of anilines is 1. The maximum absolute atomic E-state index is 12.5. The van der Waals surface area contributed by atoms with Crippen molar-refractivity contribution in [1.29, 1.82) is 0 Å². The minimum atomic E-state index is -1.40. The number of carboxylic acid groups (broad SMARTS) is 1. The summed E-state index contributed by atoms with van der Waals surface area (Å²) in [4.78, 5) is 35.8. The Hall–Kier alpha value is -3.44. The molecule has 4 N–H and O–H groups in total. The van der Waals surface area contributed by atoms with Crippen molar-refractivity contribution in [2.45, 2.75) is 12.0 Å². The number of carbonyl (C=O) groups is 3. The van der Waals surface area contributed by atoms with Crippen LogP contribution in [0.5, 0.6) is 0 Å². The lowest BCUT2D eigenvalue weighted by atomic mass is 9.98. The Kier molecular flexibility index (Phi) is 7.13. The van der Waals surface area contributed by atoms with Gasteiger partial charge >= 0.3 is 12.1 Å². The van der Waals surface area contributed by atoms with Crippen LogP contribution >= 0.6 is 22.6 Å². The van der Waals surface area contributed by atoms with E-state index in [-0.39, 0.29) is 18.1 Å². The van der Waals surface area contributed by atoms with Gasteiger partial charge in [-0.15, -0.1) is 0 Å². The monoisotopic (exact) mass is 572 g/mol. The number of aliphatic hydroxyl groups is 1. The molecule has 0 aromatic heterocycles. The molecule has 174 valence electrons. The molecule has 34 heavy (non-hydrogen) atoms. The second-order valence-corrected chi connectivity index (χ2v) is 8.85. The predicted molar refractivity (Wildman–Crippen MR) is 134 cm³/mol. The molecule has 0 heterocycles. The summed E-state index contributed by atoms with van der Waals surface area (Å²) in [7, 11) is 0. The topological polar surface area (TPSA) is 125 Å². The molecule has 1 aliphatic rings. The first-order valence-electron chi connectivity index (χ1n) is 10.4. The Morgan fingerprint density at radius 3 is 2.15 bits per heavy atom. The van der Waals surface area contributed by atoms with E-state index in [1.54, 1.807) is 0 Å². The summed E-state index contributed by atoms with van der Waals surface area (Å²) in [5, 5.41) is 23.0. The summed E-state index contributed by atoms with van der Waals surface area (Å²) in [5.41, 5.74) is 5.16. The Morgan fingerprint density at radius 2 is 1.59 bits per heavy atom. The highest BCUT2D eigenvalue weighted by molar-refractivity contribution is 14.1. The van der Waals surface area contributed by atoms with Crippen molar-refractivity contribution in [2.75, 3.05) is 18.5 Å². The number of amides is 2. The number of hydrogen-bond donors (Lipinski definition) is 4. The van der Waals surface area contributed by atoms with E-state index >= 15 is 0 Å². The molecule has 2 amide bonds. The predicted octanol–water partition coefficient (Wildman–Crippen LogP) is 3.83. The number of carbonyl (C=O) groups excluding carboxylic acids is 2. The van der Waals surface area contributed by atoms with Crippen molar-refractivity contribution < 1.29 is 29.3 Å². The van der Waals surface area contributed by atoms with Crippen molar-refractivity contribution >= 4 is 46.2 Å². The molecule has 3 aromatic rings. The summed E-state index contributed by atoms with van der Waals surface area (Å²) in [5.74, 6) is -2.04. The van der Waals surface area contributed by atoms with Gasteiger partial charge in [-0.25, -0.2) is 9.59 Å². The maximum Gasteiger partial charge on any atom is 0.411 e. The number of hydrogen-bond acceptors (Lipinski definition) is 5. The van der Waals surface area contributed by atoms with Gasteiger partial charge in [-0.3, -0.25) is 10.1 Å². The van der Waals surface area contributed by atoms with E-state index in [1.165, 1.54) is 18.2 Å². The summed E-state index contributed by atoms with van der Waals surface area (Å²) >= 11 is 1.96. The highest BCUT2D eigenvalue weighted by Crippen LogP contribution is 2.44. The van der Waals surface area contributed by atoms with Crippen LogP contribution in [0.25, 0.3) is 11.1 Å². The lowest BCUT2D eigenvalue weighted by Gasteiger charge is -2.15. The number of rotatable bonds is 7. The molecule has 0 bridgehead atoms. The molecule has 0 fully saturated rings. The zero-order valence-corrected chi connectivity index (χ0v) is 20.0. The number of ether oxygens (including phenoxy) is 1. The fraction of sp³-hybridized carbons (Fsp3) is 0.160. The fourth-order valence-corrected chi connectivity index (χ4v) is 4.58. The molecular formula is C25H21IN2O6. The molecule has 1 aliphatic carbocycles. The molecule has 3 aromatic carbocycles. The minimum Gasteiger partial charge on any atom is -0.480 e. The van der Waals surface area contributed by atoms with Gasteiger partial charge in [0.2, 0.25) is 0 Å². The highest BCUT2D eigenvalue weighted by Gasteiger charge is 2.29. The quantitative estimate of drug-likeness (QED) is 0.319. The number of nitrogens with one attached hydrogen (secondary N) is 2. The average molecular weight is 572 g/mol. The number of halogens is 1. The number of aliphatic hydroxyl groups excluding tert-OH is 1. The van der Waals surface area contributed by atoms with Gasteiger partial charge in [-0.05, 0) is 63.0 Å². The van der Waals surface area contributed by atoms with Gasteiger partial charge in [0, 0.05) is 15.1 Å². The summed E-state index contributed by atoms with van der Waals surface area (Å²) in [6, 6.07) is 19.2. The van der Waals surface area contributed by atoms with Crippen molar-refractivity contribution in [3.63, 3.8) is 0 Å². The SMILES string of the molecule is O=C(Nc1ccc(C(=O)N[C@H](CO)C(=O)O)cc1I)OCC1c2ccccc2-c2ccccc21. The van der Waals surface area contributed by atoms with Crippen LogP contribution in [-0.4, -0.2) is 47.4 Å². The van der Waals surface area contributed by atoms with Gasteiger partial charge < -0.3 is 20.3 Å². The Labute approximate surface area is 209 Å². The van der Waals surface area contributed by atoms with Gasteiger partial charge in [-0.2, -0.15) is 0 Å². The molecule has 0 saturated carbocycles. The van der Waals surface area contributed by atoms with Crippen LogP contribution in [0.15, 0.2) is 66.7 Å². The third kappa shape index (κ3) is 4.90. The summed E-state index contributed by atoms with van der Waals surface area (Å²) in [6.45, 7) is -0.547. The Balaban J connectivity index is 1.40. The zero-order chi connectivity index (χ0) is 24.2. The van der Waals surface area contributed by atoms with Crippen molar-refractivity contribution in [3.05, 3.63) is 87.0 Å². The van der Waals surface area contributed by atoms with Crippen LogP contribution in [0.1, 0.15) is 27.4 Å². The molecule has 8 nitrogen and oxygen atoms in total. The molecule has 0 saturated heterocycles. The second kappa shape index (κ2) is 10.2. The van der Waals surface area contributed by atoms with Crippen LogP contribution in [-0.2, 0) is 9.53 Å². The van der Waals surface area contributed by atoms with Gasteiger partial charge in [0.05, 0.1) is 12.3 Å². The molecule has 0 radical (unpaired) electrons. The van der Waals surface area contributed by atoms with Gasteiger partial charge in [-0.1, -0.05) is 48.5 Å². The Bertz CT molecular complexity index is 1220. The van der Waals surface area contributed by atoms with E-state index in [9.17, 15) is 14.4 Å². The summed E-state index contributed by atoms with van der Waals surface area (Å²) in [6.07, 6.45) is -0.622.